The Labute approximate surface area is 295 Å². The number of aromatic nitrogens is 2. The molecule has 2 aromatic carbocycles. The minimum absolute atomic E-state index is 0.0368. The van der Waals surface area contributed by atoms with Gasteiger partial charge in [0.2, 0.25) is 0 Å². The third kappa shape index (κ3) is 6.40. The highest BCUT2D eigenvalue weighted by molar-refractivity contribution is 6.51. The number of likely N-dealkylation sites (tertiary alicyclic amines) is 1. The van der Waals surface area contributed by atoms with Gasteiger partial charge in [-0.25, -0.2) is 4.39 Å². The molecule has 3 aromatic rings. The van der Waals surface area contributed by atoms with Crippen molar-refractivity contribution in [3.05, 3.63) is 58.5 Å². The van der Waals surface area contributed by atoms with E-state index in [1.54, 1.807) is 18.2 Å². The standard InChI is InChI=1S/C41H50FN5O3/c1-8-17-41(18-13-19-46(41)7)24-50-40-44-37-26(6)34(32-22-29(49)21-27-15-16-33(42)30(10-3)35(27)32)38(43-25(5)9-2)31(11-4)36(37)39(45-40)47-20-12-14-28(48)23-47/h3,11,15-16,21-22,25,28,48-49H,8-9,12-14,17-20,23-24H2,1-2,4-7H3/b31-11-,43-38?. The number of hydrogen-bond acceptors (Lipinski definition) is 8. The normalized spacial score (nSPS) is 23.5. The van der Waals surface area contributed by atoms with E-state index in [0.29, 0.717) is 46.7 Å². The lowest BCUT2D eigenvalue weighted by Gasteiger charge is -2.37. The van der Waals surface area contributed by atoms with E-state index in [4.69, 9.17) is 26.1 Å². The number of aliphatic hydroxyl groups excluding tert-OH is 1. The predicted octanol–water partition coefficient (Wildman–Crippen LogP) is 7.65. The van der Waals surface area contributed by atoms with Crippen LogP contribution in [-0.4, -0.2) is 81.8 Å². The van der Waals surface area contributed by atoms with Crippen molar-refractivity contribution in [1.29, 1.82) is 0 Å². The van der Waals surface area contributed by atoms with Crippen LogP contribution in [0.15, 0.2) is 35.3 Å². The molecule has 3 heterocycles. The number of rotatable bonds is 9. The molecule has 8 nitrogen and oxygen atoms in total. The number of ether oxygens (including phenoxy) is 1. The average Bonchev–Trinajstić information content (AvgIpc) is 3.46. The van der Waals surface area contributed by atoms with Gasteiger partial charge in [-0.15, -0.1) is 6.42 Å². The minimum atomic E-state index is -0.505. The first kappa shape index (κ1) is 35.6. The molecule has 3 unspecified atom stereocenters. The minimum Gasteiger partial charge on any atom is -0.508 e. The number of fused-ring (bicyclic) bond motifs is 2. The van der Waals surface area contributed by atoms with Crippen LogP contribution in [-0.2, 0) is 0 Å². The first-order valence-electron chi connectivity index (χ1n) is 18.1. The topological polar surface area (TPSA) is 94.3 Å². The summed E-state index contributed by atoms with van der Waals surface area (Å²) in [5.41, 5.74) is 5.17. The maximum Gasteiger partial charge on any atom is 0.319 e. The largest absolute Gasteiger partial charge is 0.508 e. The van der Waals surface area contributed by atoms with Crippen molar-refractivity contribution in [3.63, 3.8) is 0 Å². The molecule has 0 spiro atoms. The van der Waals surface area contributed by atoms with Crippen molar-refractivity contribution in [1.82, 2.24) is 14.9 Å². The van der Waals surface area contributed by atoms with Crippen LogP contribution < -0.4 is 9.64 Å². The quantitative estimate of drug-likeness (QED) is 0.225. The number of piperidine rings is 1. The lowest BCUT2D eigenvalue weighted by atomic mass is 9.78. The van der Waals surface area contributed by atoms with E-state index >= 15 is 4.39 Å². The molecule has 264 valence electrons. The molecule has 2 N–H and O–H groups in total. The van der Waals surface area contributed by atoms with E-state index in [1.807, 2.05) is 19.9 Å². The fourth-order valence-electron chi connectivity index (χ4n) is 8.07. The summed E-state index contributed by atoms with van der Waals surface area (Å²) in [6.07, 6.45) is 14.1. The lowest BCUT2D eigenvalue weighted by Crippen LogP contribution is -2.46. The number of phenolic OH excluding ortho intramolecular Hbond substituents is 1. The number of likely N-dealkylation sites (N-methyl/N-ethyl adjacent to an activating group) is 1. The van der Waals surface area contributed by atoms with Gasteiger partial charge in [0.25, 0.3) is 0 Å². The number of β-amino-alcohol motifs (C(OH)–C–C–N with tert-alkyl or cyclic N) is 1. The van der Waals surface area contributed by atoms with Crippen LogP contribution in [0.4, 0.5) is 10.2 Å². The third-order valence-corrected chi connectivity index (χ3v) is 10.9. The number of benzene rings is 2. The van der Waals surface area contributed by atoms with E-state index in [1.165, 1.54) is 6.07 Å². The van der Waals surface area contributed by atoms with Gasteiger partial charge in [0.15, 0.2) is 0 Å². The van der Waals surface area contributed by atoms with Crippen molar-refractivity contribution in [2.24, 2.45) is 4.99 Å². The first-order chi connectivity index (χ1) is 24.0. The number of terminal acetylenes is 1. The number of aliphatic imine (C=N–C) groups is 1. The van der Waals surface area contributed by atoms with Gasteiger partial charge in [-0.2, -0.15) is 9.97 Å². The maximum absolute atomic E-state index is 15.3. The van der Waals surface area contributed by atoms with Crippen molar-refractivity contribution in [3.8, 4) is 24.1 Å². The highest BCUT2D eigenvalue weighted by Gasteiger charge is 2.40. The van der Waals surface area contributed by atoms with Crippen LogP contribution in [0.3, 0.4) is 0 Å². The molecule has 0 amide bonds. The molecule has 3 atom stereocenters. The van der Waals surface area contributed by atoms with Crippen molar-refractivity contribution < 1.29 is 19.3 Å². The number of halogens is 1. The van der Waals surface area contributed by atoms with Gasteiger partial charge in [-0.3, -0.25) is 9.89 Å². The Kier molecular flexibility index (Phi) is 10.3. The molecule has 3 aliphatic rings. The highest BCUT2D eigenvalue weighted by Crippen LogP contribution is 2.47. The number of anilines is 1. The molecular weight excluding hydrogens is 629 g/mol. The van der Waals surface area contributed by atoms with E-state index in [2.05, 4.69) is 43.5 Å². The Morgan fingerprint density at radius 3 is 2.68 bits per heavy atom. The van der Waals surface area contributed by atoms with E-state index in [9.17, 15) is 10.2 Å². The smallest absolute Gasteiger partial charge is 0.319 e. The van der Waals surface area contributed by atoms with Crippen LogP contribution in [0.1, 0.15) is 102 Å². The van der Waals surface area contributed by atoms with Crippen LogP contribution in [0.2, 0.25) is 0 Å². The van der Waals surface area contributed by atoms with Gasteiger partial charge < -0.3 is 19.8 Å². The third-order valence-electron chi connectivity index (χ3n) is 10.9. The van der Waals surface area contributed by atoms with Crippen molar-refractivity contribution >= 4 is 39.0 Å². The summed E-state index contributed by atoms with van der Waals surface area (Å²) >= 11 is 0. The summed E-state index contributed by atoms with van der Waals surface area (Å²) in [6, 6.07) is 6.47. The number of aliphatic hydroxyl groups is 1. The summed E-state index contributed by atoms with van der Waals surface area (Å²) < 4.78 is 22.0. The average molecular weight is 680 g/mol. The Bertz CT molecular complexity index is 1930. The number of aromatic hydroxyl groups is 1. The Hall–Kier alpha value is -4.26. The van der Waals surface area contributed by atoms with Crippen molar-refractivity contribution in [2.45, 2.75) is 97.2 Å². The maximum atomic E-state index is 15.3. The summed E-state index contributed by atoms with van der Waals surface area (Å²) in [6.45, 7) is 13.0. The number of allylic oxidation sites excluding steroid dienone is 4. The fourth-order valence-corrected chi connectivity index (χ4v) is 8.07. The van der Waals surface area contributed by atoms with Gasteiger partial charge in [-0.05, 0) is 108 Å². The molecule has 0 saturated carbocycles. The summed E-state index contributed by atoms with van der Waals surface area (Å²) in [7, 11) is 2.17. The zero-order valence-electron chi connectivity index (χ0n) is 30.3. The van der Waals surface area contributed by atoms with Crippen LogP contribution in [0, 0.1) is 18.2 Å². The van der Waals surface area contributed by atoms with E-state index in [0.717, 1.165) is 80.3 Å². The monoisotopic (exact) mass is 679 g/mol. The zero-order chi connectivity index (χ0) is 35.7. The van der Waals surface area contributed by atoms with Crippen LogP contribution >= 0.6 is 0 Å². The molecule has 0 bridgehead atoms. The zero-order valence-corrected chi connectivity index (χ0v) is 30.3. The van der Waals surface area contributed by atoms with Crippen LogP contribution in [0.25, 0.3) is 27.5 Å². The molecule has 0 radical (unpaired) electrons. The Morgan fingerprint density at radius 2 is 2.02 bits per heavy atom. The Morgan fingerprint density at radius 1 is 1.22 bits per heavy atom. The van der Waals surface area contributed by atoms with Gasteiger partial charge >= 0.3 is 6.01 Å². The molecule has 2 saturated heterocycles. The molecule has 1 aliphatic carbocycles. The SMILES string of the molecule is C#Cc1c(F)ccc2cc(O)cc(C3=C(C)c4nc(OCC5(CCC)CCCN5C)nc(N5CCCC(O)C5)c4/C(=C/C)C3=NC(C)CC)c12. The van der Waals surface area contributed by atoms with Gasteiger partial charge in [0.1, 0.15) is 24.0 Å². The summed E-state index contributed by atoms with van der Waals surface area (Å²) in [5.74, 6) is 2.81. The predicted molar refractivity (Wildman–Crippen MR) is 201 cm³/mol. The molecule has 6 rings (SSSR count). The molecular formula is C41H50FN5O3. The van der Waals surface area contributed by atoms with E-state index in [-0.39, 0.29) is 28.9 Å². The highest BCUT2D eigenvalue weighted by atomic mass is 19.1. The van der Waals surface area contributed by atoms with Gasteiger partial charge in [0.05, 0.1) is 34.2 Å². The van der Waals surface area contributed by atoms with E-state index < -0.39 is 11.9 Å². The number of phenols is 1. The molecule has 50 heavy (non-hydrogen) atoms. The second-order valence-electron chi connectivity index (χ2n) is 14.2. The Balaban J connectivity index is 1.65. The number of nitrogens with zero attached hydrogens (tertiary/aromatic N) is 5. The molecule has 1 aromatic heterocycles. The second-order valence-corrected chi connectivity index (χ2v) is 14.2. The lowest BCUT2D eigenvalue weighted by molar-refractivity contribution is 0.0825. The fraction of sp³-hybridized carbons (Fsp3) is 0.488. The second kappa shape index (κ2) is 14.5. The van der Waals surface area contributed by atoms with Crippen molar-refractivity contribution in [2.75, 3.05) is 38.2 Å². The summed E-state index contributed by atoms with van der Waals surface area (Å²) in [4.78, 5) is 20.1. The van der Waals surface area contributed by atoms with Gasteiger partial charge in [-0.1, -0.05) is 38.3 Å². The molecule has 9 heteroatoms. The summed E-state index contributed by atoms with van der Waals surface area (Å²) in [5, 5.41) is 23.0. The van der Waals surface area contributed by atoms with Crippen LogP contribution in [0.5, 0.6) is 11.8 Å². The van der Waals surface area contributed by atoms with Gasteiger partial charge in [0, 0.05) is 35.7 Å². The molecule has 2 aliphatic heterocycles. The number of hydrogen-bond donors (Lipinski definition) is 2. The first-order valence-corrected chi connectivity index (χ1v) is 18.1. The molecule has 2 fully saturated rings.